The predicted molar refractivity (Wildman–Crippen MR) is 81.9 cm³/mol. The SMILES string of the molecule is NC(=O)c1cc(Br)ccc1Oc1ccc(I)cc1. The van der Waals surface area contributed by atoms with Crippen molar-refractivity contribution in [3.05, 3.63) is 56.1 Å². The Morgan fingerprint density at radius 1 is 1.17 bits per heavy atom. The maximum atomic E-state index is 11.3. The number of hydrogen-bond acceptors (Lipinski definition) is 2. The van der Waals surface area contributed by atoms with E-state index >= 15 is 0 Å². The summed E-state index contributed by atoms with van der Waals surface area (Å²) in [6.07, 6.45) is 0. The monoisotopic (exact) mass is 417 g/mol. The summed E-state index contributed by atoms with van der Waals surface area (Å²) in [5.74, 6) is 0.601. The second-order valence-corrected chi connectivity index (χ2v) is 5.72. The Balaban J connectivity index is 2.34. The van der Waals surface area contributed by atoms with Crippen LogP contribution in [0.25, 0.3) is 0 Å². The van der Waals surface area contributed by atoms with Crippen LogP contribution >= 0.6 is 38.5 Å². The van der Waals surface area contributed by atoms with Crippen LogP contribution in [0.2, 0.25) is 0 Å². The summed E-state index contributed by atoms with van der Waals surface area (Å²) in [7, 11) is 0. The van der Waals surface area contributed by atoms with E-state index in [0.29, 0.717) is 17.1 Å². The van der Waals surface area contributed by atoms with E-state index in [0.717, 1.165) is 8.04 Å². The van der Waals surface area contributed by atoms with E-state index in [4.69, 9.17) is 10.5 Å². The average Bonchev–Trinajstić information content (AvgIpc) is 2.34. The Bertz CT molecular complexity index is 584. The zero-order valence-corrected chi connectivity index (χ0v) is 12.9. The zero-order valence-electron chi connectivity index (χ0n) is 9.19. The topological polar surface area (TPSA) is 52.3 Å². The number of halogens is 2. The van der Waals surface area contributed by atoms with Crippen molar-refractivity contribution in [1.82, 2.24) is 0 Å². The van der Waals surface area contributed by atoms with Crippen molar-refractivity contribution >= 4 is 44.4 Å². The summed E-state index contributed by atoms with van der Waals surface area (Å²) < 4.78 is 7.56. The molecule has 2 rings (SSSR count). The van der Waals surface area contributed by atoms with Crippen LogP contribution in [0, 0.1) is 3.57 Å². The number of ether oxygens (including phenoxy) is 1. The van der Waals surface area contributed by atoms with Crippen LogP contribution in [0.4, 0.5) is 0 Å². The lowest BCUT2D eigenvalue weighted by Crippen LogP contribution is -2.12. The lowest BCUT2D eigenvalue weighted by molar-refractivity contribution is 0.0998. The van der Waals surface area contributed by atoms with Gasteiger partial charge in [0.25, 0.3) is 5.91 Å². The van der Waals surface area contributed by atoms with Gasteiger partial charge >= 0.3 is 0 Å². The van der Waals surface area contributed by atoms with Crippen molar-refractivity contribution in [2.24, 2.45) is 5.73 Å². The van der Waals surface area contributed by atoms with E-state index < -0.39 is 5.91 Å². The molecule has 0 radical (unpaired) electrons. The molecule has 0 bridgehead atoms. The first-order valence-corrected chi connectivity index (χ1v) is 6.96. The van der Waals surface area contributed by atoms with Gasteiger partial charge in [0, 0.05) is 8.04 Å². The number of amides is 1. The van der Waals surface area contributed by atoms with Crippen LogP contribution in [-0.4, -0.2) is 5.91 Å². The van der Waals surface area contributed by atoms with E-state index in [1.54, 1.807) is 18.2 Å². The van der Waals surface area contributed by atoms with Gasteiger partial charge in [-0.15, -0.1) is 0 Å². The summed E-state index contributed by atoms with van der Waals surface area (Å²) in [5, 5.41) is 0. The minimum absolute atomic E-state index is 0.350. The predicted octanol–water partition coefficient (Wildman–Crippen LogP) is 3.94. The molecule has 2 N–H and O–H groups in total. The largest absolute Gasteiger partial charge is 0.457 e. The summed E-state index contributed by atoms with van der Waals surface area (Å²) in [5.41, 5.74) is 5.67. The van der Waals surface area contributed by atoms with Crippen molar-refractivity contribution in [3.8, 4) is 11.5 Å². The molecule has 0 saturated heterocycles. The van der Waals surface area contributed by atoms with E-state index in [1.165, 1.54) is 0 Å². The highest BCUT2D eigenvalue weighted by Crippen LogP contribution is 2.28. The van der Waals surface area contributed by atoms with Gasteiger partial charge in [-0.3, -0.25) is 4.79 Å². The molecule has 0 unspecified atom stereocenters. The lowest BCUT2D eigenvalue weighted by atomic mass is 10.2. The molecule has 0 spiro atoms. The molecule has 0 aliphatic carbocycles. The third kappa shape index (κ3) is 3.23. The van der Waals surface area contributed by atoms with Crippen molar-refractivity contribution in [2.45, 2.75) is 0 Å². The van der Waals surface area contributed by atoms with Gasteiger partial charge in [-0.1, -0.05) is 15.9 Å². The quantitative estimate of drug-likeness (QED) is 0.769. The second-order valence-electron chi connectivity index (χ2n) is 3.56. The summed E-state index contributed by atoms with van der Waals surface area (Å²) >= 11 is 5.51. The molecule has 2 aromatic carbocycles. The van der Waals surface area contributed by atoms with Gasteiger partial charge < -0.3 is 10.5 Å². The molecular weight excluding hydrogens is 409 g/mol. The molecule has 92 valence electrons. The first kappa shape index (κ1) is 13.4. The van der Waals surface area contributed by atoms with Crippen molar-refractivity contribution in [1.29, 1.82) is 0 Å². The third-order valence-corrected chi connectivity index (χ3v) is 3.46. The highest BCUT2D eigenvalue weighted by Gasteiger charge is 2.10. The first-order chi connectivity index (χ1) is 8.56. The fourth-order valence-electron chi connectivity index (χ4n) is 1.41. The van der Waals surface area contributed by atoms with Crippen LogP contribution in [0.1, 0.15) is 10.4 Å². The summed E-state index contributed by atoms with van der Waals surface area (Å²) in [4.78, 5) is 11.3. The van der Waals surface area contributed by atoms with Crippen molar-refractivity contribution in [2.75, 3.05) is 0 Å². The molecule has 0 atom stereocenters. The Morgan fingerprint density at radius 2 is 1.83 bits per heavy atom. The highest BCUT2D eigenvalue weighted by atomic mass is 127. The number of rotatable bonds is 3. The third-order valence-electron chi connectivity index (χ3n) is 2.25. The van der Waals surface area contributed by atoms with E-state index in [1.807, 2.05) is 24.3 Å². The molecule has 0 fully saturated rings. The van der Waals surface area contributed by atoms with E-state index in [9.17, 15) is 4.79 Å². The molecule has 1 amide bonds. The van der Waals surface area contributed by atoms with Crippen molar-refractivity contribution in [3.63, 3.8) is 0 Å². The molecule has 3 nitrogen and oxygen atoms in total. The molecular formula is C13H9BrINO2. The molecule has 18 heavy (non-hydrogen) atoms. The van der Waals surface area contributed by atoms with Crippen LogP contribution in [0.5, 0.6) is 11.5 Å². The normalized spacial score (nSPS) is 10.1. The fraction of sp³-hybridized carbons (Fsp3) is 0. The van der Waals surface area contributed by atoms with E-state index in [2.05, 4.69) is 38.5 Å². The number of carbonyl (C=O) groups excluding carboxylic acids is 1. The minimum atomic E-state index is -0.517. The number of primary amides is 1. The van der Waals surface area contributed by atoms with Crippen LogP contribution in [-0.2, 0) is 0 Å². The smallest absolute Gasteiger partial charge is 0.252 e. The first-order valence-electron chi connectivity index (χ1n) is 5.09. The Labute approximate surface area is 127 Å². The molecule has 0 aromatic heterocycles. The Hall–Kier alpha value is -1.08. The fourth-order valence-corrected chi connectivity index (χ4v) is 2.13. The maximum absolute atomic E-state index is 11.3. The van der Waals surface area contributed by atoms with Crippen LogP contribution in [0.15, 0.2) is 46.9 Å². The van der Waals surface area contributed by atoms with Gasteiger partial charge in [-0.05, 0) is 65.1 Å². The van der Waals surface area contributed by atoms with Gasteiger partial charge in [0.05, 0.1) is 5.56 Å². The van der Waals surface area contributed by atoms with Gasteiger partial charge in [0.2, 0.25) is 0 Å². The zero-order chi connectivity index (χ0) is 13.1. The minimum Gasteiger partial charge on any atom is -0.457 e. The molecule has 5 heteroatoms. The summed E-state index contributed by atoms with van der Waals surface area (Å²) in [6, 6.07) is 12.7. The standard InChI is InChI=1S/C13H9BrINO2/c14-8-1-6-12(11(7-8)13(16)17)18-10-4-2-9(15)3-5-10/h1-7H,(H2,16,17). The van der Waals surface area contributed by atoms with E-state index in [-0.39, 0.29) is 0 Å². The van der Waals surface area contributed by atoms with Gasteiger partial charge in [-0.2, -0.15) is 0 Å². The molecule has 0 aliphatic heterocycles. The molecule has 0 aliphatic rings. The maximum Gasteiger partial charge on any atom is 0.252 e. The van der Waals surface area contributed by atoms with Crippen molar-refractivity contribution < 1.29 is 9.53 Å². The number of nitrogens with two attached hydrogens (primary N) is 1. The lowest BCUT2D eigenvalue weighted by Gasteiger charge is -2.09. The number of hydrogen-bond donors (Lipinski definition) is 1. The highest BCUT2D eigenvalue weighted by molar-refractivity contribution is 14.1. The van der Waals surface area contributed by atoms with Gasteiger partial charge in [-0.25, -0.2) is 0 Å². The second kappa shape index (κ2) is 5.71. The summed E-state index contributed by atoms with van der Waals surface area (Å²) in [6.45, 7) is 0. The van der Waals surface area contributed by atoms with Gasteiger partial charge in [0.1, 0.15) is 11.5 Å². The Kier molecular flexibility index (Phi) is 4.23. The Morgan fingerprint density at radius 3 is 2.44 bits per heavy atom. The molecule has 0 heterocycles. The molecule has 2 aromatic rings. The molecule has 0 saturated carbocycles. The number of benzene rings is 2. The van der Waals surface area contributed by atoms with Gasteiger partial charge in [0.15, 0.2) is 0 Å². The average molecular weight is 418 g/mol. The van der Waals surface area contributed by atoms with Crippen LogP contribution in [0.3, 0.4) is 0 Å². The van der Waals surface area contributed by atoms with Crippen LogP contribution < -0.4 is 10.5 Å². The number of carbonyl (C=O) groups is 1.